The Labute approximate surface area is 96.9 Å². The molecule has 16 heavy (non-hydrogen) atoms. The first-order chi connectivity index (χ1) is 7.74. The van der Waals surface area contributed by atoms with E-state index >= 15 is 0 Å². The number of nitriles is 1. The minimum Gasteiger partial charge on any atom is -0.381 e. The van der Waals surface area contributed by atoms with Gasteiger partial charge in [-0.15, -0.1) is 0 Å². The number of rotatable bonds is 4. The van der Waals surface area contributed by atoms with Gasteiger partial charge in [0.05, 0.1) is 18.8 Å². The van der Waals surface area contributed by atoms with Crippen LogP contribution in [0.5, 0.6) is 0 Å². The van der Waals surface area contributed by atoms with Gasteiger partial charge in [-0.3, -0.25) is 5.32 Å². The number of hydrogen-bond acceptors (Lipinski definition) is 4. The summed E-state index contributed by atoms with van der Waals surface area (Å²) < 4.78 is 10.9. The summed E-state index contributed by atoms with van der Waals surface area (Å²) in [6, 6.07) is 2.40. The largest absolute Gasteiger partial charge is 0.381 e. The average Bonchev–Trinajstić information content (AvgIpc) is 2.98. The van der Waals surface area contributed by atoms with Crippen molar-refractivity contribution in [3.05, 3.63) is 0 Å². The van der Waals surface area contributed by atoms with Gasteiger partial charge < -0.3 is 9.47 Å². The van der Waals surface area contributed by atoms with Crippen molar-refractivity contribution in [3.63, 3.8) is 0 Å². The fraction of sp³-hybridized carbons (Fsp3) is 0.917. The Hall–Kier alpha value is -0.630. The van der Waals surface area contributed by atoms with Crippen molar-refractivity contribution in [3.8, 4) is 6.07 Å². The van der Waals surface area contributed by atoms with Gasteiger partial charge in [0, 0.05) is 25.7 Å². The lowest BCUT2D eigenvalue weighted by Gasteiger charge is -2.29. The molecule has 0 saturated carbocycles. The van der Waals surface area contributed by atoms with Crippen LogP contribution in [-0.4, -0.2) is 38.0 Å². The van der Waals surface area contributed by atoms with Gasteiger partial charge in [0.25, 0.3) is 0 Å². The Bertz CT molecular complexity index is 265. The van der Waals surface area contributed by atoms with E-state index in [4.69, 9.17) is 9.47 Å². The lowest BCUT2D eigenvalue weighted by Crippen LogP contribution is -2.50. The van der Waals surface area contributed by atoms with Crippen LogP contribution in [-0.2, 0) is 9.47 Å². The Morgan fingerprint density at radius 1 is 1.44 bits per heavy atom. The van der Waals surface area contributed by atoms with Crippen LogP contribution in [0.15, 0.2) is 0 Å². The van der Waals surface area contributed by atoms with Crippen LogP contribution in [0.4, 0.5) is 0 Å². The highest BCUT2D eigenvalue weighted by Gasteiger charge is 2.37. The Balaban J connectivity index is 1.85. The monoisotopic (exact) mass is 224 g/mol. The maximum Gasteiger partial charge on any atom is 0.109 e. The zero-order valence-electron chi connectivity index (χ0n) is 9.87. The summed E-state index contributed by atoms with van der Waals surface area (Å²) in [5, 5.41) is 12.7. The van der Waals surface area contributed by atoms with E-state index in [1.54, 1.807) is 0 Å². The number of nitrogens with one attached hydrogen (secondary N) is 1. The summed E-state index contributed by atoms with van der Waals surface area (Å²) in [7, 11) is 0. The third-order valence-corrected chi connectivity index (χ3v) is 3.70. The molecule has 0 aromatic rings. The zero-order chi connectivity index (χ0) is 11.4. The smallest absolute Gasteiger partial charge is 0.109 e. The van der Waals surface area contributed by atoms with Crippen LogP contribution < -0.4 is 5.32 Å². The standard InChI is InChI=1S/C12H20N2O2/c1-12(9-13,10-4-6-15-8-10)14-7-11-3-2-5-16-11/h10-11,14H,2-8H2,1H3. The van der Waals surface area contributed by atoms with Crippen molar-refractivity contribution in [2.75, 3.05) is 26.4 Å². The number of ether oxygens (including phenoxy) is 2. The zero-order valence-corrected chi connectivity index (χ0v) is 9.87. The molecular weight excluding hydrogens is 204 g/mol. The molecule has 0 bridgehead atoms. The summed E-state index contributed by atoms with van der Waals surface area (Å²) in [5.41, 5.74) is -0.470. The molecule has 2 heterocycles. The highest BCUT2D eigenvalue weighted by molar-refractivity contribution is 5.09. The quantitative estimate of drug-likeness (QED) is 0.776. The molecule has 2 fully saturated rings. The molecular formula is C12H20N2O2. The minimum absolute atomic E-state index is 0.287. The number of hydrogen-bond donors (Lipinski definition) is 1. The molecule has 0 aromatic heterocycles. The molecule has 1 N–H and O–H groups in total. The van der Waals surface area contributed by atoms with Crippen LogP contribution in [0.3, 0.4) is 0 Å². The van der Waals surface area contributed by atoms with Gasteiger partial charge in [-0.1, -0.05) is 0 Å². The van der Waals surface area contributed by atoms with E-state index < -0.39 is 5.54 Å². The normalized spacial score (nSPS) is 33.5. The van der Waals surface area contributed by atoms with Crippen LogP contribution in [0.2, 0.25) is 0 Å². The summed E-state index contributed by atoms with van der Waals surface area (Å²) >= 11 is 0. The second kappa shape index (κ2) is 5.13. The first-order valence-corrected chi connectivity index (χ1v) is 6.10. The van der Waals surface area contributed by atoms with Crippen LogP contribution in [0.25, 0.3) is 0 Å². The third kappa shape index (κ3) is 2.54. The van der Waals surface area contributed by atoms with Gasteiger partial charge in [0.2, 0.25) is 0 Å². The predicted molar refractivity (Wildman–Crippen MR) is 59.9 cm³/mol. The van der Waals surface area contributed by atoms with Crippen molar-refractivity contribution in [1.82, 2.24) is 5.32 Å². The van der Waals surface area contributed by atoms with E-state index in [0.29, 0.717) is 12.5 Å². The van der Waals surface area contributed by atoms with Gasteiger partial charge >= 0.3 is 0 Å². The highest BCUT2D eigenvalue weighted by atomic mass is 16.5. The van der Waals surface area contributed by atoms with Crippen molar-refractivity contribution in [1.29, 1.82) is 5.26 Å². The molecule has 3 unspecified atom stereocenters. The topological polar surface area (TPSA) is 54.3 Å². The highest BCUT2D eigenvalue weighted by Crippen LogP contribution is 2.25. The first-order valence-electron chi connectivity index (χ1n) is 6.10. The lowest BCUT2D eigenvalue weighted by atomic mass is 9.86. The fourth-order valence-corrected chi connectivity index (χ4v) is 2.40. The Morgan fingerprint density at radius 3 is 2.88 bits per heavy atom. The minimum atomic E-state index is -0.470. The number of nitrogens with zero attached hydrogens (tertiary/aromatic N) is 1. The van der Waals surface area contributed by atoms with Crippen LogP contribution >= 0.6 is 0 Å². The molecule has 0 aliphatic carbocycles. The van der Waals surface area contributed by atoms with E-state index in [1.165, 1.54) is 0 Å². The second-order valence-electron chi connectivity index (χ2n) is 4.89. The molecule has 4 nitrogen and oxygen atoms in total. The summed E-state index contributed by atoms with van der Waals surface area (Å²) in [6.07, 6.45) is 3.51. The summed E-state index contributed by atoms with van der Waals surface area (Å²) in [4.78, 5) is 0. The Kier molecular flexibility index (Phi) is 3.80. The first kappa shape index (κ1) is 11.8. The molecule has 0 aromatic carbocycles. The molecule has 4 heteroatoms. The van der Waals surface area contributed by atoms with Crippen molar-refractivity contribution in [2.24, 2.45) is 5.92 Å². The maximum atomic E-state index is 9.31. The molecule has 0 radical (unpaired) electrons. The van der Waals surface area contributed by atoms with Crippen molar-refractivity contribution >= 4 is 0 Å². The molecule has 3 atom stereocenters. The molecule has 0 amide bonds. The van der Waals surface area contributed by atoms with E-state index in [0.717, 1.165) is 39.0 Å². The molecule has 0 spiro atoms. The van der Waals surface area contributed by atoms with E-state index in [2.05, 4.69) is 11.4 Å². The molecule has 90 valence electrons. The lowest BCUT2D eigenvalue weighted by molar-refractivity contribution is 0.0986. The van der Waals surface area contributed by atoms with Gasteiger partial charge in [-0.25, -0.2) is 0 Å². The predicted octanol–water partition coefficient (Wildman–Crippen LogP) is 1.07. The van der Waals surface area contributed by atoms with Gasteiger partial charge in [0.15, 0.2) is 0 Å². The summed E-state index contributed by atoms with van der Waals surface area (Å²) in [5.74, 6) is 0.305. The second-order valence-corrected chi connectivity index (χ2v) is 4.89. The maximum absolute atomic E-state index is 9.31. The van der Waals surface area contributed by atoms with E-state index in [9.17, 15) is 5.26 Å². The van der Waals surface area contributed by atoms with Crippen molar-refractivity contribution < 1.29 is 9.47 Å². The Morgan fingerprint density at radius 2 is 2.31 bits per heavy atom. The van der Waals surface area contributed by atoms with E-state index in [1.807, 2.05) is 6.92 Å². The van der Waals surface area contributed by atoms with E-state index in [-0.39, 0.29) is 6.10 Å². The molecule has 2 rings (SSSR count). The average molecular weight is 224 g/mol. The van der Waals surface area contributed by atoms with Gasteiger partial charge in [0.1, 0.15) is 5.54 Å². The molecule has 2 saturated heterocycles. The van der Waals surface area contributed by atoms with Gasteiger partial charge in [-0.2, -0.15) is 5.26 Å². The van der Waals surface area contributed by atoms with Crippen LogP contribution in [0.1, 0.15) is 26.2 Å². The van der Waals surface area contributed by atoms with Crippen molar-refractivity contribution in [2.45, 2.75) is 37.8 Å². The summed E-state index contributed by atoms with van der Waals surface area (Å²) in [6.45, 7) is 5.09. The molecule has 2 aliphatic rings. The fourth-order valence-electron chi connectivity index (χ4n) is 2.40. The third-order valence-electron chi connectivity index (χ3n) is 3.70. The molecule has 2 aliphatic heterocycles. The van der Waals surface area contributed by atoms with Crippen LogP contribution in [0, 0.1) is 17.2 Å². The SMILES string of the molecule is CC(C#N)(NCC1CCCO1)C1CCOC1. The van der Waals surface area contributed by atoms with Gasteiger partial charge in [-0.05, 0) is 26.2 Å².